The Balaban J connectivity index is 1.46. The number of nitrogen functional groups attached to an aromatic ring is 1. The fourth-order valence-corrected chi connectivity index (χ4v) is 4.92. The molecule has 2 fully saturated rings. The molecular formula is C18H23N4O8P. The van der Waals surface area contributed by atoms with Gasteiger partial charge in [0.15, 0.2) is 6.23 Å². The number of pyridine rings is 1. The summed E-state index contributed by atoms with van der Waals surface area (Å²) in [6.45, 7) is 1.04. The maximum absolute atomic E-state index is 12.9. The van der Waals surface area contributed by atoms with Gasteiger partial charge in [-0.1, -0.05) is 0 Å². The summed E-state index contributed by atoms with van der Waals surface area (Å²) in [4.78, 5) is 19.7. The lowest BCUT2D eigenvalue weighted by Gasteiger charge is -2.30. The van der Waals surface area contributed by atoms with Crippen molar-refractivity contribution < 1.29 is 33.1 Å². The van der Waals surface area contributed by atoms with Crippen LogP contribution >= 0.6 is 7.82 Å². The second-order valence-electron chi connectivity index (χ2n) is 7.48. The van der Waals surface area contributed by atoms with E-state index < -0.39 is 50.3 Å². The summed E-state index contributed by atoms with van der Waals surface area (Å²) in [5, 5.41) is 21.3. The summed E-state index contributed by atoms with van der Waals surface area (Å²) >= 11 is 0. The van der Waals surface area contributed by atoms with Crippen LogP contribution in [0.15, 0.2) is 41.6 Å². The van der Waals surface area contributed by atoms with Crippen molar-refractivity contribution in [3.63, 3.8) is 0 Å². The average Bonchev–Trinajstić information content (AvgIpc) is 2.96. The van der Waals surface area contributed by atoms with Crippen molar-refractivity contribution in [2.75, 3.05) is 18.9 Å². The second-order valence-corrected chi connectivity index (χ2v) is 9.10. The Morgan fingerprint density at radius 3 is 2.84 bits per heavy atom. The monoisotopic (exact) mass is 454 g/mol. The summed E-state index contributed by atoms with van der Waals surface area (Å²) in [6.07, 6.45) is 0.608. The molecule has 0 amide bonds. The van der Waals surface area contributed by atoms with E-state index in [2.05, 4.69) is 9.97 Å². The van der Waals surface area contributed by atoms with Gasteiger partial charge in [-0.05, 0) is 30.7 Å². The van der Waals surface area contributed by atoms with Crippen molar-refractivity contribution in [3.8, 4) is 0 Å². The van der Waals surface area contributed by atoms with Crippen LogP contribution in [0.25, 0.3) is 0 Å². The Kier molecular flexibility index (Phi) is 5.97. The van der Waals surface area contributed by atoms with Crippen molar-refractivity contribution in [2.24, 2.45) is 0 Å². The van der Waals surface area contributed by atoms with Gasteiger partial charge in [0.1, 0.15) is 23.6 Å². The Morgan fingerprint density at radius 1 is 1.39 bits per heavy atom. The van der Waals surface area contributed by atoms with Gasteiger partial charge in [0.2, 0.25) is 0 Å². The van der Waals surface area contributed by atoms with Crippen molar-refractivity contribution in [2.45, 2.75) is 43.5 Å². The molecule has 2 aliphatic heterocycles. The third kappa shape index (κ3) is 4.41. The average molecular weight is 454 g/mol. The minimum atomic E-state index is -3.95. The normalized spacial score (nSPS) is 35.8. The molecule has 2 aromatic rings. The molecule has 0 bridgehead atoms. The van der Waals surface area contributed by atoms with Gasteiger partial charge in [-0.3, -0.25) is 23.1 Å². The molecule has 12 nitrogen and oxygen atoms in total. The fourth-order valence-electron chi connectivity index (χ4n) is 3.53. The molecule has 0 saturated carbocycles. The number of aromatic nitrogens is 3. The van der Waals surface area contributed by atoms with Gasteiger partial charge in [-0.25, -0.2) is 9.36 Å². The molecule has 2 saturated heterocycles. The van der Waals surface area contributed by atoms with Gasteiger partial charge in [-0.15, -0.1) is 0 Å². The standard InChI is InChI=1S/C18H23N4O8P/c1-18(25)15(23)13(29-16(18)22-8-4-14(19)21-17(22)24)10-28-31(26)27-9-5-12(30-31)11-2-6-20-7-3-11/h2-4,6-8,12-13,15-16,23,25H,5,9-10H2,1H3,(H2,19,21,24)/t12?,13-,15+,16-,18-,31?/m1/s1. The zero-order valence-corrected chi connectivity index (χ0v) is 17.5. The van der Waals surface area contributed by atoms with Crippen LogP contribution in [0.4, 0.5) is 5.82 Å². The number of phosphoric acid groups is 1. The van der Waals surface area contributed by atoms with E-state index in [0.29, 0.717) is 6.42 Å². The molecule has 2 aliphatic rings. The van der Waals surface area contributed by atoms with Gasteiger partial charge in [-0.2, -0.15) is 4.98 Å². The lowest BCUT2D eigenvalue weighted by molar-refractivity contribution is -0.0989. The van der Waals surface area contributed by atoms with Crippen LogP contribution in [-0.2, 0) is 22.9 Å². The zero-order valence-electron chi connectivity index (χ0n) is 16.6. The first-order chi connectivity index (χ1) is 14.7. The number of rotatable bonds is 5. The number of phosphoric ester groups is 1. The molecule has 168 valence electrons. The van der Waals surface area contributed by atoms with E-state index in [9.17, 15) is 19.6 Å². The molecule has 0 aliphatic carbocycles. The topological polar surface area (TPSA) is 168 Å². The lowest BCUT2D eigenvalue weighted by atomic mass is 9.96. The Labute approximate surface area is 177 Å². The SMILES string of the molecule is C[C@@]1(O)[C@@H](O)[C@@H](COP2(=O)OCCC(c3ccncc3)O2)O[C@H]1n1ccc(N)nc1=O. The summed E-state index contributed by atoms with van der Waals surface area (Å²) in [6, 6.07) is 4.84. The molecule has 0 spiro atoms. The fraction of sp³-hybridized carbons (Fsp3) is 0.500. The molecule has 2 unspecified atom stereocenters. The summed E-state index contributed by atoms with van der Waals surface area (Å²) in [5.41, 5.74) is 3.64. The predicted molar refractivity (Wildman–Crippen MR) is 106 cm³/mol. The molecule has 0 aromatic carbocycles. The number of nitrogens with two attached hydrogens (primary N) is 1. The molecule has 6 atom stereocenters. The lowest BCUT2D eigenvalue weighted by Crippen LogP contribution is -2.46. The minimum Gasteiger partial charge on any atom is -0.387 e. The largest absolute Gasteiger partial charge is 0.475 e. The van der Waals surface area contributed by atoms with Gasteiger partial charge >= 0.3 is 13.5 Å². The van der Waals surface area contributed by atoms with Gasteiger partial charge in [0.05, 0.1) is 19.3 Å². The van der Waals surface area contributed by atoms with Crippen LogP contribution in [0, 0.1) is 0 Å². The first kappa shape index (κ1) is 22.0. The summed E-state index contributed by atoms with van der Waals surface area (Å²) in [5.74, 6) is 0.00719. The molecule has 4 heterocycles. The van der Waals surface area contributed by atoms with Crippen molar-refractivity contribution in [1.82, 2.24) is 14.5 Å². The highest BCUT2D eigenvalue weighted by atomic mass is 31.2. The van der Waals surface area contributed by atoms with Crippen molar-refractivity contribution >= 4 is 13.6 Å². The first-order valence-electron chi connectivity index (χ1n) is 9.57. The number of aliphatic hydroxyl groups is 2. The number of anilines is 1. The van der Waals surface area contributed by atoms with Gasteiger partial charge in [0.25, 0.3) is 0 Å². The third-order valence-electron chi connectivity index (χ3n) is 5.22. The Hall–Kier alpha value is -2.18. The molecule has 2 aromatic heterocycles. The minimum absolute atomic E-state index is 0.00719. The highest BCUT2D eigenvalue weighted by Crippen LogP contribution is 2.57. The number of hydrogen-bond acceptors (Lipinski definition) is 11. The second kappa shape index (κ2) is 8.40. The van der Waals surface area contributed by atoms with E-state index in [1.807, 2.05) is 0 Å². The first-order valence-corrected chi connectivity index (χ1v) is 11.0. The van der Waals surface area contributed by atoms with Crippen LogP contribution in [0.3, 0.4) is 0 Å². The van der Waals surface area contributed by atoms with Gasteiger partial charge < -0.3 is 20.7 Å². The molecule has 4 rings (SSSR count). The quantitative estimate of drug-likeness (QED) is 0.539. The van der Waals surface area contributed by atoms with Crippen molar-refractivity contribution in [1.29, 1.82) is 0 Å². The molecule has 31 heavy (non-hydrogen) atoms. The smallest absolute Gasteiger partial charge is 0.387 e. The van der Waals surface area contributed by atoms with E-state index >= 15 is 0 Å². The summed E-state index contributed by atoms with van der Waals surface area (Å²) in [7, 11) is -3.95. The zero-order chi connectivity index (χ0) is 22.2. The maximum atomic E-state index is 12.9. The molecule has 0 radical (unpaired) electrons. The highest BCUT2D eigenvalue weighted by molar-refractivity contribution is 7.48. The predicted octanol–water partition coefficient (Wildman–Crippen LogP) is 0.533. The van der Waals surface area contributed by atoms with E-state index in [0.717, 1.165) is 10.1 Å². The van der Waals surface area contributed by atoms with Crippen LogP contribution in [0.2, 0.25) is 0 Å². The van der Waals surface area contributed by atoms with E-state index in [1.54, 1.807) is 24.5 Å². The Bertz CT molecular complexity index is 1030. The van der Waals surface area contributed by atoms with Crippen LogP contribution < -0.4 is 11.4 Å². The van der Waals surface area contributed by atoms with E-state index in [1.165, 1.54) is 19.2 Å². The van der Waals surface area contributed by atoms with Crippen LogP contribution in [0.1, 0.15) is 31.2 Å². The summed E-state index contributed by atoms with van der Waals surface area (Å²) < 4.78 is 35.8. The van der Waals surface area contributed by atoms with E-state index in [4.69, 9.17) is 24.0 Å². The van der Waals surface area contributed by atoms with Crippen LogP contribution in [-0.4, -0.2) is 55.8 Å². The number of aliphatic hydroxyl groups excluding tert-OH is 1. The number of hydrogen-bond donors (Lipinski definition) is 3. The Morgan fingerprint density at radius 2 is 2.13 bits per heavy atom. The van der Waals surface area contributed by atoms with Gasteiger partial charge in [0, 0.05) is 25.0 Å². The maximum Gasteiger partial charge on any atom is 0.475 e. The molecular weight excluding hydrogens is 431 g/mol. The molecule has 13 heteroatoms. The molecule has 4 N–H and O–H groups in total. The highest BCUT2D eigenvalue weighted by Gasteiger charge is 2.54. The third-order valence-corrected chi connectivity index (χ3v) is 6.70. The van der Waals surface area contributed by atoms with Crippen LogP contribution in [0.5, 0.6) is 0 Å². The van der Waals surface area contributed by atoms with E-state index in [-0.39, 0.29) is 12.4 Å². The van der Waals surface area contributed by atoms with Crippen molar-refractivity contribution in [3.05, 3.63) is 52.8 Å². The number of ether oxygens (including phenoxy) is 1. The number of nitrogens with zero attached hydrogens (tertiary/aromatic N) is 3.